The average molecular weight is 306 g/mol. The number of hydrogen-bond acceptors (Lipinski definition) is 3. The van der Waals surface area contributed by atoms with Gasteiger partial charge in [-0.05, 0) is 24.6 Å². The molecule has 1 N–H and O–H groups in total. The molecule has 0 amide bonds. The molecule has 0 fully saturated rings. The van der Waals surface area contributed by atoms with Crippen LogP contribution >= 0.6 is 11.6 Å². The molecule has 3 rings (SSSR count). The molecule has 0 bridgehead atoms. The number of halogens is 2. The summed E-state index contributed by atoms with van der Waals surface area (Å²) in [7, 11) is 0. The minimum absolute atomic E-state index is 0.104. The molecule has 2 aromatic rings. The minimum Gasteiger partial charge on any atom is -0.312 e. The van der Waals surface area contributed by atoms with Crippen molar-refractivity contribution in [3.8, 4) is 11.4 Å². The van der Waals surface area contributed by atoms with Crippen LogP contribution in [0.5, 0.6) is 0 Å². The molecule has 0 aliphatic carbocycles. The molecule has 0 unspecified atom stereocenters. The molecule has 0 saturated heterocycles. The largest absolute Gasteiger partial charge is 0.312 e. The van der Waals surface area contributed by atoms with Gasteiger partial charge in [0.1, 0.15) is 5.82 Å². The van der Waals surface area contributed by atoms with Crippen molar-refractivity contribution in [3.05, 3.63) is 46.0 Å². The Morgan fingerprint density at radius 1 is 1.33 bits per heavy atom. The van der Waals surface area contributed by atoms with Gasteiger partial charge in [-0.1, -0.05) is 24.9 Å². The van der Waals surface area contributed by atoms with Crippen LogP contribution in [0.4, 0.5) is 4.39 Å². The summed E-state index contributed by atoms with van der Waals surface area (Å²) >= 11 is 5.87. The van der Waals surface area contributed by atoms with E-state index in [1.54, 1.807) is 12.1 Å². The summed E-state index contributed by atoms with van der Waals surface area (Å²) in [6.07, 6.45) is 2.86. The third kappa shape index (κ3) is 2.92. The van der Waals surface area contributed by atoms with E-state index in [1.807, 2.05) is 0 Å². The average Bonchev–Trinajstić information content (AvgIpc) is 2.50. The molecule has 2 heterocycles. The molecule has 110 valence electrons. The lowest BCUT2D eigenvalue weighted by molar-refractivity contribution is 0.615. The van der Waals surface area contributed by atoms with Crippen LogP contribution in [0.1, 0.15) is 30.3 Å². The van der Waals surface area contributed by atoms with E-state index < -0.39 is 5.82 Å². The molecule has 1 aromatic heterocycles. The van der Waals surface area contributed by atoms with Gasteiger partial charge in [0, 0.05) is 36.3 Å². The van der Waals surface area contributed by atoms with Crippen molar-refractivity contribution >= 4 is 11.6 Å². The number of hydrogen-bond donors (Lipinski definition) is 1. The summed E-state index contributed by atoms with van der Waals surface area (Å²) < 4.78 is 13.3. The number of rotatable bonds is 3. The van der Waals surface area contributed by atoms with Crippen molar-refractivity contribution in [2.75, 3.05) is 6.54 Å². The fraction of sp³-hybridized carbons (Fsp3) is 0.375. The van der Waals surface area contributed by atoms with Crippen molar-refractivity contribution in [3.63, 3.8) is 0 Å². The Morgan fingerprint density at radius 2 is 2.19 bits per heavy atom. The maximum Gasteiger partial charge on any atom is 0.159 e. The van der Waals surface area contributed by atoms with Gasteiger partial charge < -0.3 is 5.32 Å². The fourth-order valence-electron chi connectivity index (χ4n) is 2.62. The molecular weight excluding hydrogens is 289 g/mol. The molecule has 0 spiro atoms. The van der Waals surface area contributed by atoms with Crippen LogP contribution in [0, 0.1) is 5.82 Å². The molecule has 1 aliphatic rings. The van der Waals surface area contributed by atoms with E-state index in [-0.39, 0.29) is 5.02 Å². The van der Waals surface area contributed by atoms with E-state index >= 15 is 0 Å². The van der Waals surface area contributed by atoms with Crippen LogP contribution in [0.15, 0.2) is 18.2 Å². The van der Waals surface area contributed by atoms with E-state index in [0.717, 1.165) is 49.3 Å². The van der Waals surface area contributed by atoms with Gasteiger partial charge in [-0.3, -0.25) is 0 Å². The Balaban J connectivity index is 2.09. The van der Waals surface area contributed by atoms with E-state index in [1.165, 1.54) is 11.6 Å². The lowest BCUT2D eigenvalue weighted by Gasteiger charge is -2.20. The number of nitrogens with one attached hydrogen (secondary N) is 1. The Hall–Kier alpha value is -1.52. The SMILES string of the molecule is CCCc1nc(-c2ccc(F)c(Cl)c2)nc2c1CNCC2. The van der Waals surface area contributed by atoms with Crippen LogP contribution in [0.25, 0.3) is 11.4 Å². The number of nitrogens with zero attached hydrogens (tertiary/aromatic N) is 2. The van der Waals surface area contributed by atoms with Gasteiger partial charge in [0.15, 0.2) is 5.82 Å². The summed E-state index contributed by atoms with van der Waals surface area (Å²) in [5.41, 5.74) is 4.17. The first-order valence-electron chi connectivity index (χ1n) is 7.24. The minimum atomic E-state index is -0.420. The van der Waals surface area contributed by atoms with Gasteiger partial charge in [-0.2, -0.15) is 0 Å². The van der Waals surface area contributed by atoms with E-state index in [0.29, 0.717) is 5.82 Å². The van der Waals surface area contributed by atoms with Crippen LogP contribution < -0.4 is 5.32 Å². The molecule has 3 nitrogen and oxygen atoms in total. The number of fused-ring (bicyclic) bond motifs is 1. The van der Waals surface area contributed by atoms with Crippen LogP contribution in [0.2, 0.25) is 5.02 Å². The first kappa shape index (κ1) is 14.4. The second kappa shape index (κ2) is 6.08. The molecular formula is C16H17ClFN3. The van der Waals surface area contributed by atoms with Crippen LogP contribution in [0.3, 0.4) is 0 Å². The van der Waals surface area contributed by atoms with Crippen molar-refractivity contribution < 1.29 is 4.39 Å². The summed E-state index contributed by atoms with van der Waals surface area (Å²) in [6.45, 7) is 3.90. The highest BCUT2D eigenvalue weighted by Gasteiger charge is 2.18. The van der Waals surface area contributed by atoms with Gasteiger partial charge >= 0.3 is 0 Å². The van der Waals surface area contributed by atoms with E-state index in [9.17, 15) is 4.39 Å². The summed E-state index contributed by atoms with van der Waals surface area (Å²) in [6, 6.07) is 4.64. The fourth-order valence-corrected chi connectivity index (χ4v) is 2.80. The highest BCUT2D eigenvalue weighted by atomic mass is 35.5. The second-order valence-corrected chi connectivity index (χ2v) is 5.63. The lowest BCUT2D eigenvalue weighted by atomic mass is 10.0. The topological polar surface area (TPSA) is 37.8 Å². The first-order chi connectivity index (χ1) is 10.2. The quantitative estimate of drug-likeness (QED) is 0.942. The Labute approximate surface area is 128 Å². The standard InChI is InChI=1S/C16H17ClFN3/c1-2-3-14-11-9-19-7-6-15(11)21-16(20-14)10-4-5-13(18)12(17)8-10/h4-5,8,19H,2-3,6-7,9H2,1H3. The van der Waals surface area contributed by atoms with Gasteiger partial charge in [0.05, 0.1) is 10.7 Å². The summed E-state index contributed by atoms with van der Waals surface area (Å²) in [4.78, 5) is 9.35. The molecule has 1 aliphatic heterocycles. The number of benzene rings is 1. The zero-order valence-electron chi connectivity index (χ0n) is 11.9. The van der Waals surface area contributed by atoms with Crippen molar-refractivity contribution in [2.24, 2.45) is 0 Å². The smallest absolute Gasteiger partial charge is 0.159 e. The molecule has 1 aromatic carbocycles. The Morgan fingerprint density at radius 3 is 2.95 bits per heavy atom. The molecule has 0 atom stereocenters. The molecule has 0 saturated carbocycles. The van der Waals surface area contributed by atoms with Gasteiger partial charge in [0.25, 0.3) is 0 Å². The first-order valence-corrected chi connectivity index (χ1v) is 7.61. The van der Waals surface area contributed by atoms with Gasteiger partial charge in [-0.15, -0.1) is 0 Å². The number of aromatic nitrogens is 2. The highest BCUT2D eigenvalue weighted by molar-refractivity contribution is 6.31. The Kier molecular flexibility index (Phi) is 4.17. The normalized spacial score (nSPS) is 14.0. The zero-order chi connectivity index (χ0) is 14.8. The molecule has 21 heavy (non-hydrogen) atoms. The lowest BCUT2D eigenvalue weighted by Crippen LogP contribution is -2.26. The third-order valence-corrected chi connectivity index (χ3v) is 3.97. The van der Waals surface area contributed by atoms with Gasteiger partial charge in [-0.25, -0.2) is 14.4 Å². The highest BCUT2D eigenvalue weighted by Crippen LogP contribution is 2.25. The second-order valence-electron chi connectivity index (χ2n) is 5.22. The predicted molar refractivity (Wildman–Crippen MR) is 81.8 cm³/mol. The third-order valence-electron chi connectivity index (χ3n) is 3.68. The van der Waals surface area contributed by atoms with E-state index in [2.05, 4.69) is 22.2 Å². The predicted octanol–water partition coefficient (Wildman–Crippen LogP) is 3.53. The van der Waals surface area contributed by atoms with E-state index in [4.69, 9.17) is 11.6 Å². The number of aryl methyl sites for hydroxylation is 1. The maximum absolute atomic E-state index is 13.3. The summed E-state index contributed by atoms with van der Waals surface area (Å²) in [5, 5.41) is 3.47. The van der Waals surface area contributed by atoms with Crippen molar-refractivity contribution in [1.82, 2.24) is 15.3 Å². The molecule has 5 heteroatoms. The van der Waals surface area contributed by atoms with Gasteiger partial charge in [0.2, 0.25) is 0 Å². The van der Waals surface area contributed by atoms with Crippen molar-refractivity contribution in [2.45, 2.75) is 32.7 Å². The monoisotopic (exact) mass is 305 g/mol. The van der Waals surface area contributed by atoms with Crippen molar-refractivity contribution in [1.29, 1.82) is 0 Å². The summed E-state index contributed by atoms with van der Waals surface area (Å²) in [5.74, 6) is 0.220. The zero-order valence-corrected chi connectivity index (χ0v) is 12.7. The molecule has 0 radical (unpaired) electrons. The van der Waals surface area contributed by atoms with Crippen LogP contribution in [-0.4, -0.2) is 16.5 Å². The Bertz CT molecular complexity index is 673. The maximum atomic E-state index is 13.3. The van der Waals surface area contributed by atoms with Crippen LogP contribution in [-0.2, 0) is 19.4 Å².